The number of para-hydroxylation sites is 1. The predicted molar refractivity (Wildman–Crippen MR) is 96.6 cm³/mol. The summed E-state index contributed by atoms with van der Waals surface area (Å²) in [5, 5.41) is 9.29. The van der Waals surface area contributed by atoms with Crippen molar-refractivity contribution < 1.29 is 14.0 Å². The highest BCUT2D eigenvalue weighted by Crippen LogP contribution is 2.20. The lowest BCUT2D eigenvalue weighted by atomic mass is 10.2. The summed E-state index contributed by atoms with van der Waals surface area (Å²) in [7, 11) is 0. The molecule has 0 aliphatic heterocycles. The highest BCUT2D eigenvalue weighted by molar-refractivity contribution is 5.94. The van der Waals surface area contributed by atoms with E-state index in [4.69, 9.17) is 0 Å². The maximum absolute atomic E-state index is 13.9. The number of rotatable bonds is 5. The first-order valence-corrected chi connectivity index (χ1v) is 7.97. The molecule has 0 aliphatic carbocycles. The number of hydrogen-bond donors (Lipinski definition) is 2. The lowest BCUT2D eigenvalue weighted by Crippen LogP contribution is -2.15. The van der Waals surface area contributed by atoms with Gasteiger partial charge in [-0.1, -0.05) is 18.2 Å². The van der Waals surface area contributed by atoms with Gasteiger partial charge >= 0.3 is 0 Å². The van der Waals surface area contributed by atoms with Crippen molar-refractivity contribution >= 4 is 23.2 Å². The van der Waals surface area contributed by atoms with Crippen LogP contribution in [0.25, 0.3) is 5.69 Å². The maximum Gasteiger partial charge on any atom is 0.228 e. The third kappa shape index (κ3) is 4.32. The molecule has 2 N–H and O–H groups in total. The molecule has 0 saturated carbocycles. The highest BCUT2D eigenvalue weighted by atomic mass is 19.1. The van der Waals surface area contributed by atoms with E-state index in [1.165, 1.54) is 25.1 Å². The summed E-state index contributed by atoms with van der Waals surface area (Å²) < 4.78 is 15.6. The topological polar surface area (TPSA) is 76.0 Å². The van der Waals surface area contributed by atoms with Crippen LogP contribution in [-0.4, -0.2) is 21.6 Å². The van der Waals surface area contributed by atoms with Crippen LogP contribution in [0.1, 0.15) is 12.5 Å². The normalized spacial score (nSPS) is 10.4. The van der Waals surface area contributed by atoms with Gasteiger partial charge in [0.1, 0.15) is 5.82 Å². The van der Waals surface area contributed by atoms with Crippen molar-refractivity contribution in [2.45, 2.75) is 13.3 Å². The molecule has 0 atom stereocenters. The molecular formula is C19H17FN4O2. The number of nitrogens with zero attached hydrogens (tertiary/aromatic N) is 2. The second kappa shape index (κ2) is 7.60. The molecule has 1 aromatic heterocycles. The van der Waals surface area contributed by atoms with Gasteiger partial charge in [0.05, 0.1) is 24.0 Å². The zero-order chi connectivity index (χ0) is 18.5. The summed E-state index contributed by atoms with van der Waals surface area (Å²) in [6.07, 6.45) is 3.40. The van der Waals surface area contributed by atoms with Gasteiger partial charge in [-0.25, -0.2) is 9.07 Å². The van der Waals surface area contributed by atoms with Crippen molar-refractivity contribution in [3.05, 3.63) is 72.3 Å². The Hall–Kier alpha value is -3.48. The largest absolute Gasteiger partial charge is 0.326 e. The summed E-state index contributed by atoms with van der Waals surface area (Å²) in [6, 6.07) is 13.5. The third-order valence-corrected chi connectivity index (χ3v) is 3.58. The molecule has 3 rings (SSSR count). The van der Waals surface area contributed by atoms with Gasteiger partial charge in [0, 0.05) is 18.8 Å². The molecule has 2 aromatic carbocycles. The first kappa shape index (κ1) is 17.3. The van der Waals surface area contributed by atoms with E-state index in [0.29, 0.717) is 11.3 Å². The van der Waals surface area contributed by atoms with Crippen molar-refractivity contribution in [3.8, 4) is 5.69 Å². The molecule has 0 spiro atoms. The van der Waals surface area contributed by atoms with E-state index >= 15 is 0 Å². The molecule has 1 heterocycles. The fourth-order valence-corrected chi connectivity index (χ4v) is 2.46. The molecule has 0 aliphatic rings. The monoisotopic (exact) mass is 352 g/mol. The average Bonchev–Trinajstić information content (AvgIpc) is 3.06. The minimum atomic E-state index is -0.576. The third-order valence-electron chi connectivity index (χ3n) is 3.58. The van der Waals surface area contributed by atoms with Crippen LogP contribution in [-0.2, 0) is 16.0 Å². The van der Waals surface area contributed by atoms with Crippen molar-refractivity contribution in [2.75, 3.05) is 10.6 Å². The number of nitrogens with one attached hydrogen (secondary N) is 2. The molecule has 3 aromatic rings. The van der Waals surface area contributed by atoms with Gasteiger partial charge in [-0.05, 0) is 35.9 Å². The zero-order valence-electron chi connectivity index (χ0n) is 14.1. The number of hydrogen-bond acceptors (Lipinski definition) is 3. The number of amides is 2. The number of aromatic nitrogens is 2. The summed E-state index contributed by atoms with van der Waals surface area (Å²) in [5.74, 6) is -1.23. The molecule has 26 heavy (non-hydrogen) atoms. The Labute approximate surface area is 149 Å². The molecule has 0 radical (unpaired) electrons. The van der Waals surface area contributed by atoms with Crippen LogP contribution in [0.5, 0.6) is 0 Å². The van der Waals surface area contributed by atoms with Gasteiger partial charge in [0.15, 0.2) is 0 Å². The molecule has 6 nitrogen and oxygen atoms in total. The molecule has 0 fully saturated rings. The standard InChI is InChI=1S/C19H17FN4O2/c1-13(25)22-15-7-8-17(20)18(10-15)23-19(26)9-14-11-21-24(12-14)16-5-3-2-4-6-16/h2-8,10-12H,9H2,1H3,(H,22,25)(H,23,26). The lowest BCUT2D eigenvalue weighted by Gasteiger charge is -2.08. The van der Waals surface area contributed by atoms with E-state index in [1.54, 1.807) is 17.1 Å². The maximum atomic E-state index is 13.9. The summed E-state index contributed by atoms with van der Waals surface area (Å²) in [4.78, 5) is 23.3. The Morgan fingerprint density at radius 1 is 1.12 bits per heavy atom. The van der Waals surface area contributed by atoms with Gasteiger partial charge in [-0.2, -0.15) is 5.10 Å². The average molecular weight is 352 g/mol. The number of carbonyl (C=O) groups excluding carboxylic acids is 2. The molecule has 2 amide bonds. The van der Waals surface area contributed by atoms with E-state index < -0.39 is 5.82 Å². The van der Waals surface area contributed by atoms with E-state index in [2.05, 4.69) is 15.7 Å². The summed E-state index contributed by atoms with van der Waals surface area (Å²) in [6.45, 7) is 1.35. The Bertz CT molecular complexity index is 938. The summed E-state index contributed by atoms with van der Waals surface area (Å²) in [5.41, 5.74) is 2.00. The molecular weight excluding hydrogens is 335 g/mol. The van der Waals surface area contributed by atoms with Crippen LogP contribution in [0.15, 0.2) is 60.9 Å². The van der Waals surface area contributed by atoms with E-state index in [-0.39, 0.29) is 23.9 Å². The van der Waals surface area contributed by atoms with Gasteiger partial charge in [0.2, 0.25) is 11.8 Å². The minimum absolute atomic E-state index is 0.0108. The quantitative estimate of drug-likeness (QED) is 0.741. The number of benzene rings is 2. The molecule has 7 heteroatoms. The first-order chi connectivity index (χ1) is 12.5. The zero-order valence-corrected chi connectivity index (χ0v) is 14.1. The fourth-order valence-electron chi connectivity index (χ4n) is 2.46. The highest BCUT2D eigenvalue weighted by Gasteiger charge is 2.11. The van der Waals surface area contributed by atoms with Crippen LogP contribution >= 0.6 is 0 Å². The van der Waals surface area contributed by atoms with Crippen LogP contribution in [0.2, 0.25) is 0 Å². The van der Waals surface area contributed by atoms with Gasteiger partial charge in [-0.3, -0.25) is 9.59 Å². The number of carbonyl (C=O) groups is 2. The Kier molecular flexibility index (Phi) is 5.07. The SMILES string of the molecule is CC(=O)Nc1ccc(F)c(NC(=O)Cc2cnn(-c3ccccc3)c2)c1. The van der Waals surface area contributed by atoms with E-state index in [9.17, 15) is 14.0 Å². The molecule has 0 unspecified atom stereocenters. The van der Waals surface area contributed by atoms with Crippen LogP contribution < -0.4 is 10.6 Å². The minimum Gasteiger partial charge on any atom is -0.326 e. The second-order valence-electron chi connectivity index (χ2n) is 5.73. The van der Waals surface area contributed by atoms with Crippen molar-refractivity contribution in [2.24, 2.45) is 0 Å². The van der Waals surface area contributed by atoms with Gasteiger partial charge in [0.25, 0.3) is 0 Å². The molecule has 0 saturated heterocycles. The van der Waals surface area contributed by atoms with E-state index in [0.717, 1.165) is 5.69 Å². The lowest BCUT2D eigenvalue weighted by molar-refractivity contribution is -0.116. The molecule has 0 bridgehead atoms. The molecule has 132 valence electrons. The van der Waals surface area contributed by atoms with Gasteiger partial charge in [-0.15, -0.1) is 0 Å². The Balaban J connectivity index is 1.68. The van der Waals surface area contributed by atoms with Crippen molar-refractivity contribution in [1.82, 2.24) is 9.78 Å². The van der Waals surface area contributed by atoms with Crippen molar-refractivity contribution in [1.29, 1.82) is 0 Å². The Morgan fingerprint density at radius 2 is 1.88 bits per heavy atom. The van der Waals surface area contributed by atoms with Crippen LogP contribution in [0, 0.1) is 5.82 Å². The van der Waals surface area contributed by atoms with Crippen molar-refractivity contribution in [3.63, 3.8) is 0 Å². The fraction of sp³-hybridized carbons (Fsp3) is 0.105. The predicted octanol–water partition coefficient (Wildman–Crippen LogP) is 3.15. The smallest absolute Gasteiger partial charge is 0.228 e. The van der Waals surface area contributed by atoms with Crippen LogP contribution in [0.3, 0.4) is 0 Å². The summed E-state index contributed by atoms with van der Waals surface area (Å²) >= 11 is 0. The number of halogens is 1. The van der Waals surface area contributed by atoms with Gasteiger partial charge < -0.3 is 10.6 Å². The van der Waals surface area contributed by atoms with Crippen LogP contribution in [0.4, 0.5) is 15.8 Å². The second-order valence-corrected chi connectivity index (χ2v) is 5.73. The number of anilines is 2. The van der Waals surface area contributed by atoms with E-state index in [1.807, 2.05) is 30.3 Å². The first-order valence-electron chi connectivity index (χ1n) is 7.97. The Morgan fingerprint density at radius 3 is 2.62 bits per heavy atom.